The van der Waals surface area contributed by atoms with Crippen LogP contribution in [0.3, 0.4) is 0 Å². The molecule has 2 heteroatoms. The molecule has 0 heterocycles. The molecule has 0 radical (unpaired) electrons. The molecule has 0 atom stereocenters. The molecular formula is C21H44N2. The van der Waals surface area contributed by atoms with Crippen molar-refractivity contribution in [1.29, 1.82) is 0 Å². The van der Waals surface area contributed by atoms with Gasteiger partial charge in [0.25, 0.3) is 0 Å². The van der Waals surface area contributed by atoms with E-state index in [9.17, 15) is 0 Å². The lowest BCUT2D eigenvalue weighted by Gasteiger charge is -2.40. The summed E-state index contributed by atoms with van der Waals surface area (Å²) in [6, 6.07) is 1.70. The largest absolute Gasteiger partial charge is 0.299 e. The molecule has 2 nitrogen and oxygen atoms in total. The van der Waals surface area contributed by atoms with Crippen LogP contribution in [-0.2, 0) is 0 Å². The molecule has 0 spiro atoms. The summed E-state index contributed by atoms with van der Waals surface area (Å²) in [5, 5.41) is 0. The lowest BCUT2D eigenvalue weighted by molar-refractivity contribution is 0.0912. The second kappa shape index (κ2) is 8.85. The van der Waals surface area contributed by atoms with E-state index in [-0.39, 0.29) is 0 Å². The molecule has 0 aromatic carbocycles. The third kappa shape index (κ3) is 7.13. The van der Waals surface area contributed by atoms with Crippen LogP contribution in [0.15, 0.2) is 0 Å². The Morgan fingerprint density at radius 1 is 0.522 bits per heavy atom. The molecule has 0 aromatic heterocycles. The summed E-state index contributed by atoms with van der Waals surface area (Å²) in [5.74, 6) is 0. The van der Waals surface area contributed by atoms with Crippen molar-refractivity contribution in [3.8, 4) is 0 Å². The molecule has 23 heavy (non-hydrogen) atoms. The maximum Gasteiger partial charge on any atom is 0.0124 e. The van der Waals surface area contributed by atoms with E-state index in [0.717, 1.165) is 12.1 Å². The van der Waals surface area contributed by atoms with E-state index in [1.807, 2.05) is 0 Å². The fourth-order valence-electron chi connectivity index (χ4n) is 3.86. The molecule has 2 fully saturated rings. The minimum atomic E-state index is 0.349. The van der Waals surface area contributed by atoms with Crippen molar-refractivity contribution in [2.45, 2.75) is 122 Å². The van der Waals surface area contributed by atoms with Crippen LogP contribution < -0.4 is 0 Å². The Kier molecular flexibility index (Phi) is 8.07. The molecule has 0 aliphatic heterocycles. The third-order valence-electron chi connectivity index (χ3n) is 6.11. The van der Waals surface area contributed by atoms with Gasteiger partial charge in [-0.2, -0.15) is 0 Å². The summed E-state index contributed by atoms with van der Waals surface area (Å²) in [6.45, 7) is 13.8. The van der Waals surface area contributed by atoms with Gasteiger partial charge in [-0.15, -0.1) is 0 Å². The molecule has 2 aliphatic rings. The molecule has 0 saturated heterocycles. The summed E-state index contributed by atoms with van der Waals surface area (Å²) in [4.78, 5) is 5.08. The van der Waals surface area contributed by atoms with Crippen LogP contribution in [0.2, 0.25) is 0 Å². The van der Waals surface area contributed by atoms with Gasteiger partial charge in [0.05, 0.1) is 0 Å². The first-order chi connectivity index (χ1) is 10.5. The highest BCUT2D eigenvalue weighted by molar-refractivity contribution is 4.83. The van der Waals surface area contributed by atoms with E-state index in [1.165, 1.54) is 57.8 Å². The van der Waals surface area contributed by atoms with Crippen LogP contribution >= 0.6 is 0 Å². The summed E-state index contributed by atoms with van der Waals surface area (Å²) >= 11 is 0. The highest BCUT2D eigenvalue weighted by Crippen LogP contribution is 2.27. The minimum Gasteiger partial charge on any atom is -0.299 e. The molecule has 2 aliphatic carbocycles. The normalized spacial score (nSPS) is 21.7. The Bertz CT molecular complexity index is 312. The van der Waals surface area contributed by atoms with Crippen molar-refractivity contribution in [2.75, 3.05) is 14.1 Å². The average molecular weight is 325 g/mol. The zero-order valence-electron chi connectivity index (χ0n) is 17.4. The molecule has 0 amide bonds. The van der Waals surface area contributed by atoms with E-state index >= 15 is 0 Å². The van der Waals surface area contributed by atoms with Crippen molar-refractivity contribution in [3.05, 3.63) is 0 Å². The standard InChI is InChI=1S/C11H23N.C10H21N/c1-11(2,3)12(4)10-8-6-5-7-9-10;1-10(2,3)11(4)9-7-5-6-8-9/h10H,5-9H2,1-4H3;9H,5-8H2,1-4H3. The van der Waals surface area contributed by atoms with Gasteiger partial charge in [-0.1, -0.05) is 32.1 Å². The predicted octanol–water partition coefficient (Wildman–Crippen LogP) is 5.71. The van der Waals surface area contributed by atoms with Gasteiger partial charge < -0.3 is 0 Å². The number of rotatable bonds is 2. The van der Waals surface area contributed by atoms with Crippen molar-refractivity contribution in [1.82, 2.24) is 9.80 Å². The van der Waals surface area contributed by atoms with Crippen LogP contribution in [-0.4, -0.2) is 47.1 Å². The first kappa shape index (κ1) is 21.0. The fourth-order valence-corrected chi connectivity index (χ4v) is 3.86. The van der Waals surface area contributed by atoms with Crippen molar-refractivity contribution in [2.24, 2.45) is 0 Å². The predicted molar refractivity (Wildman–Crippen MR) is 104 cm³/mol. The second-order valence-electron chi connectivity index (χ2n) is 9.79. The Hall–Kier alpha value is -0.0800. The van der Waals surface area contributed by atoms with Crippen LogP contribution in [0, 0.1) is 0 Å². The fraction of sp³-hybridized carbons (Fsp3) is 1.00. The van der Waals surface area contributed by atoms with E-state index < -0.39 is 0 Å². The molecule has 138 valence electrons. The van der Waals surface area contributed by atoms with Gasteiger partial charge >= 0.3 is 0 Å². The molecule has 0 N–H and O–H groups in total. The smallest absolute Gasteiger partial charge is 0.0124 e. The summed E-state index contributed by atoms with van der Waals surface area (Å²) in [5.41, 5.74) is 0.705. The van der Waals surface area contributed by atoms with Crippen LogP contribution in [0.1, 0.15) is 99.3 Å². The van der Waals surface area contributed by atoms with Gasteiger partial charge in [-0.3, -0.25) is 9.80 Å². The second-order valence-corrected chi connectivity index (χ2v) is 9.79. The molecular weight excluding hydrogens is 280 g/mol. The Morgan fingerprint density at radius 2 is 0.783 bits per heavy atom. The molecule has 0 bridgehead atoms. The van der Waals surface area contributed by atoms with Gasteiger partial charge in [0.1, 0.15) is 0 Å². The van der Waals surface area contributed by atoms with Gasteiger partial charge in [0, 0.05) is 23.2 Å². The van der Waals surface area contributed by atoms with Crippen LogP contribution in [0.25, 0.3) is 0 Å². The first-order valence-corrected chi connectivity index (χ1v) is 9.99. The highest BCUT2D eigenvalue weighted by Gasteiger charge is 2.27. The maximum atomic E-state index is 2.55. The van der Waals surface area contributed by atoms with Gasteiger partial charge in [-0.25, -0.2) is 0 Å². The minimum absolute atomic E-state index is 0.349. The SMILES string of the molecule is CN(C1CCCC1)C(C)(C)C.CN(C1CCCCC1)C(C)(C)C. The van der Waals surface area contributed by atoms with E-state index in [1.54, 1.807) is 0 Å². The van der Waals surface area contributed by atoms with E-state index in [4.69, 9.17) is 0 Å². The highest BCUT2D eigenvalue weighted by atomic mass is 15.2. The monoisotopic (exact) mass is 324 g/mol. The number of nitrogens with zero attached hydrogens (tertiary/aromatic N) is 2. The van der Waals surface area contributed by atoms with Crippen LogP contribution in [0.4, 0.5) is 0 Å². The molecule has 0 unspecified atom stereocenters. The van der Waals surface area contributed by atoms with Crippen molar-refractivity contribution < 1.29 is 0 Å². The van der Waals surface area contributed by atoms with Crippen molar-refractivity contribution in [3.63, 3.8) is 0 Å². The van der Waals surface area contributed by atoms with Crippen molar-refractivity contribution >= 4 is 0 Å². The Labute approximate surface area is 147 Å². The first-order valence-electron chi connectivity index (χ1n) is 9.99. The van der Waals surface area contributed by atoms with Gasteiger partial charge in [0.15, 0.2) is 0 Å². The lowest BCUT2D eigenvalue weighted by atomic mass is 9.91. The van der Waals surface area contributed by atoms with E-state index in [0.29, 0.717) is 11.1 Å². The summed E-state index contributed by atoms with van der Waals surface area (Å²) in [6.07, 6.45) is 12.8. The van der Waals surface area contributed by atoms with Crippen LogP contribution in [0.5, 0.6) is 0 Å². The topological polar surface area (TPSA) is 6.48 Å². The Balaban J connectivity index is 0.000000231. The lowest BCUT2D eigenvalue weighted by Crippen LogP contribution is -2.45. The summed E-state index contributed by atoms with van der Waals surface area (Å²) in [7, 11) is 4.53. The Morgan fingerprint density at radius 3 is 1.04 bits per heavy atom. The van der Waals surface area contributed by atoms with Gasteiger partial charge in [-0.05, 0) is 81.3 Å². The van der Waals surface area contributed by atoms with E-state index in [2.05, 4.69) is 65.4 Å². The number of hydrogen-bond acceptors (Lipinski definition) is 2. The average Bonchev–Trinajstić information content (AvgIpc) is 2.99. The third-order valence-corrected chi connectivity index (χ3v) is 6.11. The van der Waals surface area contributed by atoms with Gasteiger partial charge in [0.2, 0.25) is 0 Å². The zero-order valence-corrected chi connectivity index (χ0v) is 17.4. The zero-order chi connectivity index (χ0) is 17.7. The molecule has 0 aromatic rings. The maximum absolute atomic E-state index is 2.55. The molecule has 2 saturated carbocycles. The summed E-state index contributed by atoms with van der Waals surface area (Å²) < 4.78 is 0. The quantitative estimate of drug-likeness (QED) is 0.642. The molecule has 2 rings (SSSR count). The number of hydrogen-bond donors (Lipinski definition) is 0.